The summed E-state index contributed by atoms with van der Waals surface area (Å²) in [5.41, 5.74) is 0.595. The van der Waals surface area contributed by atoms with Crippen LogP contribution in [0, 0.1) is 0 Å². The second-order valence-electron chi connectivity index (χ2n) is 3.13. The van der Waals surface area contributed by atoms with E-state index in [1.54, 1.807) is 12.1 Å². The van der Waals surface area contributed by atoms with Crippen LogP contribution in [0.2, 0.25) is 0 Å². The van der Waals surface area contributed by atoms with Gasteiger partial charge in [0, 0.05) is 5.56 Å². The SMILES string of the molecule is CC(=O)c1ccccc1/C=C/[B-](F)(F)F. The molecule has 80 valence electrons. The molecule has 1 aromatic rings. The van der Waals surface area contributed by atoms with Gasteiger partial charge in [0.2, 0.25) is 0 Å². The molecule has 5 heteroatoms. The zero-order valence-electron chi connectivity index (χ0n) is 8.08. The zero-order valence-corrected chi connectivity index (χ0v) is 8.08. The summed E-state index contributed by atoms with van der Waals surface area (Å²) in [6.07, 6.45) is 0.927. The molecule has 0 bridgehead atoms. The first-order chi connectivity index (χ1) is 6.90. The number of hydrogen-bond acceptors (Lipinski definition) is 1. The van der Waals surface area contributed by atoms with Crippen LogP contribution < -0.4 is 0 Å². The van der Waals surface area contributed by atoms with Crippen molar-refractivity contribution in [1.82, 2.24) is 0 Å². The van der Waals surface area contributed by atoms with Gasteiger partial charge in [0.1, 0.15) is 0 Å². The Morgan fingerprint density at radius 1 is 1.27 bits per heavy atom. The Hall–Kier alpha value is -1.52. The summed E-state index contributed by atoms with van der Waals surface area (Å²) in [7, 11) is 0. The van der Waals surface area contributed by atoms with Gasteiger partial charge in [-0.25, -0.2) is 0 Å². The van der Waals surface area contributed by atoms with E-state index in [2.05, 4.69) is 0 Å². The molecule has 1 rings (SSSR count). The van der Waals surface area contributed by atoms with E-state index in [0.29, 0.717) is 11.1 Å². The molecule has 1 aromatic carbocycles. The number of carbonyl (C=O) groups excluding carboxylic acids is 1. The third-order valence-corrected chi connectivity index (χ3v) is 1.83. The molecule has 0 aromatic heterocycles. The number of ketones is 1. The van der Waals surface area contributed by atoms with E-state index in [9.17, 15) is 17.7 Å². The minimum absolute atomic E-state index is 0.182. The van der Waals surface area contributed by atoms with Crippen molar-refractivity contribution in [2.45, 2.75) is 6.92 Å². The van der Waals surface area contributed by atoms with Crippen molar-refractivity contribution >= 4 is 18.8 Å². The molecule has 1 nitrogen and oxygen atoms in total. The van der Waals surface area contributed by atoms with Gasteiger partial charge in [0.15, 0.2) is 5.78 Å². The highest BCUT2D eigenvalue weighted by Gasteiger charge is 2.17. The molecule has 0 saturated carbocycles. The first-order valence-electron chi connectivity index (χ1n) is 4.39. The van der Waals surface area contributed by atoms with Gasteiger partial charge in [0.25, 0.3) is 0 Å². The third-order valence-electron chi connectivity index (χ3n) is 1.83. The smallest absolute Gasteiger partial charge is 0.445 e. The normalized spacial score (nSPS) is 12.0. The van der Waals surface area contributed by atoms with Crippen molar-refractivity contribution < 1.29 is 17.7 Å². The van der Waals surface area contributed by atoms with E-state index in [-0.39, 0.29) is 11.8 Å². The quantitative estimate of drug-likeness (QED) is 0.556. The maximum absolute atomic E-state index is 12.0. The molecule has 0 amide bonds. The molecule has 0 N–H and O–H groups in total. The van der Waals surface area contributed by atoms with Crippen molar-refractivity contribution in [3.05, 3.63) is 41.4 Å². The number of rotatable bonds is 3. The highest BCUT2D eigenvalue weighted by molar-refractivity contribution is 6.64. The van der Waals surface area contributed by atoms with E-state index < -0.39 is 6.98 Å². The minimum atomic E-state index is -4.96. The molecule has 0 spiro atoms. The predicted octanol–water partition coefficient (Wildman–Crippen LogP) is 3.29. The number of benzene rings is 1. The summed E-state index contributed by atoms with van der Waals surface area (Å²) in [4.78, 5) is 11.1. The van der Waals surface area contributed by atoms with Crippen LogP contribution in [-0.2, 0) is 0 Å². The van der Waals surface area contributed by atoms with Crippen molar-refractivity contribution in [2.75, 3.05) is 0 Å². The topological polar surface area (TPSA) is 17.1 Å². The predicted molar refractivity (Wildman–Crippen MR) is 54.6 cm³/mol. The van der Waals surface area contributed by atoms with Crippen LogP contribution in [0.1, 0.15) is 22.8 Å². The molecule has 0 aliphatic carbocycles. The van der Waals surface area contributed by atoms with E-state index in [1.807, 2.05) is 0 Å². The van der Waals surface area contributed by atoms with Crippen molar-refractivity contribution in [1.29, 1.82) is 0 Å². The van der Waals surface area contributed by atoms with Crippen LogP contribution >= 0.6 is 0 Å². The Morgan fingerprint density at radius 3 is 2.40 bits per heavy atom. The Balaban J connectivity index is 3.05. The summed E-state index contributed by atoms with van der Waals surface area (Å²) in [5.74, 6) is -0.0631. The van der Waals surface area contributed by atoms with Gasteiger partial charge in [-0.15, -0.1) is 5.98 Å². The molecular formula is C10H9BF3O-. The molecular weight excluding hydrogens is 204 g/mol. The van der Waals surface area contributed by atoms with Crippen molar-refractivity contribution in [3.63, 3.8) is 0 Å². The maximum atomic E-state index is 12.0. The Morgan fingerprint density at radius 2 is 1.87 bits per heavy atom. The summed E-state index contributed by atoms with van der Waals surface area (Å²) in [5, 5.41) is 0. The van der Waals surface area contributed by atoms with Gasteiger partial charge < -0.3 is 12.9 Å². The summed E-state index contributed by atoms with van der Waals surface area (Å²) >= 11 is 0. The van der Waals surface area contributed by atoms with Gasteiger partial charge in [-0.05, 0) is 12.5 Å². The summed E-state index contributed by atoms with van der Waals surface area (Å²) < 4.78 is 35.9. The highest BCUT2D eigenvalue weighted by atomic mass is 19.4. The first-order valence-corrected chi connectivity index (χ1v) is 4.39. The van der Waals surface area contributed by atoms with Crippen molar-refractivity contribution in [3.8, 4) is 0 Å². The fourth-order valence-corrected chi connectivity index (χ4v) is 1.18. The van der Waals surface area contributed by atoms with Gasteiger partial charge in [-0.3, -0.25) is 4.79 Å². The number of carbonyl (C=O) groups is 1. The first kappa shape index (κ1) is 11.6. The van der Waals surface area contributed by atoms with E-state index in [1.165, 1.54) is 19.1 Å². The molecule has 0 saturated heterocycles. The molecule has 15 heavy (non-hydrogen) atoms. The Labute approximate surface area is 85.7 Å². The van der Waals surface area contributed by atoms with Crippen LogP contribution in [0.3, 0.4) is 0 Å². The van der Waals surface area contributed by atoms with Gasteiger partial charge in [-0.2, -0.15) is 0 Å². The fourth-order valence-electron chi connectivity index (χ4n) is 1.18. The van der Waals surface area contributed by atoms with Crippen LogP contribution in [-0.4, -0.2) is 12.8 Å². The molecule has 0 aliphatic rings. The van der Waals surface area contributed by atoms with E-state index in [0.717, 1.165) is 6.08 Å². The largest absolute Gasteiger partial charge is 0.502 e. The summed E-state index contributed by atoms with van der Waals surface area (Å²) in [6, 6.07) is 6.20. The van der Waals surface area contributed by atoms with E-state index in [4.69, 9.17) is 0 Å². The van der Waals surface area contributed by atoms with Gasteiger partial charge in [-0.1, -0.05) is 30.3 Å². The average molecular weight is 213 g/mol. The van der Waals surface area contributed by atoms with Crippen molar-refractivity contribution in [2.24, 2.45) is 0 Å². The lowest BCUT2D eigenvalue weighted by Gasteiger charge is -2.07. The van der Waals surface area contributed by atoms with Gasteiger partial charge in [0.05, 0.1) is 0 Å². The lowest BCUT2D eigenvalue weighted by molar-refractivity contribution is 0.101. The Bertz CT molecular complexity index is 396. The fraction of sp³-hybridized carbons (Fsp3) is 0.100. The zero-order chi connectivity index (χ0) is 11.5. The van der Waals surface area contributed by atoms with E-state index >= 15 is 0 Å². The standard InChI is InChI=1S/C10H9BF3O/c1-8(15)10-5-3-2-4-9(10)6-7-11(12,13)14/h2-7H,1H3/q-1/b7-6+. The molecule has 0 radical (unpaired) electrons. The summed E-state index contributed by atoms with van der Waals surface area (Å²) in [6.45, 7) is -3.63. The Kier molecular flexibility index (Phi) is 3.34. The lowest BCUT2D eigenvalue weighted by atomic mass is 9.89. The minimum Gasteiger partial charge on any atom is -0.445 e. The van der Waals surface area contributed by atoms with Gasteiger partial charge >= 0.3 is 6.98 Å². The van der Waals surface area contributed by atoms with Crippen LogP contribution in [0.15, 0.2) is 30.2 Å². The molecule has 0 fully saturated rings. The van der Waals surface area contributed by atoms with Crippen LogP contribution in [0.4, 0.5) is 12.9 Å². The van der Waals surface area contributed by atoms with Crippen LogP contribution in [0.25, 0.3) is 6.08 Å². The monoisotopic (exact) mass is 213 g/mol. The average Bonchev–Trinajstić information content (AvgIpc) is 2.14. The van der Waals surface area contributed by atoms with Crippen LogP contribution in [0.5, 0.6) is 0 Å². The highest BCUT2D eigenvalue weighted by Crippen LogP contribution is 2.16. The molecule has 0 heterocycles. The lowest BCUT2D eigenvalue weighted by Crippen LogP contribution is -2.09. The number of Topliss-reactive ketones (excluding diaryl/α,β-unsaturated/α-hetero) is 1. The third kappa shape index (κ3) is 3.62. The second kappa shape index (κ2) is 4.34. The number of hydrogen-bond donors (Lipinski definition) is 0. The number of halogens is 3. The molecule has 0 unspecified atom stereocenters. The molecule has 0 aliphatic heterocycles. The second-order valence-corrected chi connectivity index (χ2v) is 3.13. The molecule has 0 atom stereocenters. The maximum Gasteiger partial charge on any atom is 0.502 e.